The van der Waals surface area contributed by atoms with E-state index in [1.807, 2.05) is 6.07 Å². The number of halogens is 1. The van der Waals surface area contributed by atoms with Crippen molar-refractivity contribution < 1.29 is 0 Å². The van der Waals surface area contributed by atoms with Gasteiger partial charge in [0.1, 0.15) is 0 Å². The first-order chi connectivity index (χ1) is 7.18. The van der Waals surface area contributed by atoms with Crippen LogP contribution in [0.15, 0.2) is 18.5 Å². The smallest absolute Gasteiger partial charge is 0.0822 e. The van der Waals surface area contributed by atoms with E-state index in [-0.39, 0.29) is 6.04 Å². The zero-order chi connectivity index (χ0) is 10.8. The Morgan fingerprint density at radius 2 is 2.40 bits per heavy atom. The van der Waals surface area contributed by atoms with E-state index in [2.05, 4.69) is 16.8 Å². The molecule has 0 amide bonds. The molecule has 82 valence electrons. The molecular weight excluding hydrogens is 210 g/mol. The highest BCUT2D eigenvalue weighted by atomic mass is 35.5. The van der Waals surface area contributed by atoms with E-state index in [1.54, 1.807) is 12.4 Å². The van der Waals surface area contributed by atoms with Gasteiger partial charge in [-0.2, -0.15) is 0 Å². The maximum Gasteiger partial charge on any atom is 0.0822 e. The van der Waals surface area contributed by atoms with Crippen LogP contribution in [0.1, 0.15) is 13.3 Å². The molecule has 0 aromatic carbocycles. The Morgan fingerprint density at radius 3 is 3.07 bits per heavy atom. The van der Waals surface area contributed by atoms with E-state index in [1.165, 1.54) is 0 Å². The van der Waals surface area contributed by atoms with Gasteiger partial charge in [0.25, 0.3) is 0 Å². The number of nitrogens with zero attached hydrogens (tertiary/aromatic N) is 2. The minimum atomic E-state index is 0.239. The lowest BCUT2D eigenvalue weighted by atomic mass is 9.94. The molecule has 15 heavy (non-hydrogen) atoms. The molecule has 0 radical (unpaired) electrons. The van der Waals surface area contributed by atoms with Gasteiger partial charge in [-0.25, -0.2) is 0 Å². The van der Waals surface area contributed by atoms with Gasteiger partial charge in [-0.1, -0.05) is 18.5 Å². The van der Waals surface area contributed by atoms with Gasteiger partial charge in [0, 0.05) is 31.5 Å². The zero-order valence-electron chi connectivity index (χ0n) is 8.86. The standard InChI is InChI=1S/C11H16ClN3/c1-8-3-5-15(7-10(8)13)11-2-4-14-6-9(11)12/h2,4,6,8,10H,3,5,7,13H2,1H3. The van der Waals surface area contributed by atoms with E-state index in [0.29, 0.717) is 10.9 Å². The Kier molecular flexibility index (Phi) is 3.12. The molecule has 0 aliphatic carbocycles. The normalized spacial score (nSPS) is 26.7. The van der Waals surface area contributed by atoms with Crippen LogP contribution in [0.5, 0.6) is 0 Å². The van der Waals surface area contributed by atoms with Crippen LogP contribution in [0.25, 0.3) is 0 Å². The highest BCUT2D eigenvalue weighted by molar-refractivity contribution is 6.33. The molecule has 2 unspecified atom stereocenters. The zero-order valence-corrected chi connectivity index (χ0v) is 9.61. The molecule has 1 aromatic heterocycles. The molecule has 1 fully saturated rings. The molecule has 1 saturated heterocycles. The lowest BCUT2D eigenvalue weighted by Gasteiger charge is -2.36. The van der Waals surface area contributed by atoms with Gasteiger partial charge in [-0.05, 0) is 18.4 Å². The summed E-state index contributed by atoms with van der Waals surface area (Å²) in [7, 11) is 0. The summed E-state index contributed by atoms with van der Waals surface area (Å²) >= 11 is 6.10. The third kappa shape index (κ3) is 2.24. The number of pyridine rings is 1. The van der Waals surface area contributed by atoms with Crippen LogP contribution in [0.3, 0.4) is 0 Å². The van der Waals surface area contributed by atoms with Crippen molar-refractivity contribution in [3.63, 3.8) is 0 Å². The molecule has 2 rings (SSSR count). The van der Waals surface area contributed by atoms with Crippen LogP contribution < -0.4 is 10.6 Å². The minimum Gasteiger partial charge on any atom is -0.369 e. The first kappa shape index (κ1) is 10.7. The van der Waals surface area contributed by atoms with Crippen molar-refractivity contribution in [3.8, 4) is 0 Å². The van der Waals surface area contributed by atoms with Gasteiger partial charge >= 0.3 is 0 Å². The van der Waals surface area contributed by atoms with Gasteiger partial charge in [-0.3, -0.25) is 4.98 Å². The lowest BCUT2D eigenvalue weighted by Crippen LogP contribution is -2.47. The molecule has 0 spiro atoms. The number of nitrogens with two attached hydrogens (primary N) is 1. The topological polar surface area (TPSA) is 42.2 Å². The van der Waals surface area contributed by atoms with Gasteiger partial charge < -0.3 is 10.6 Å². The molecule has 2 N–H and O–H groups in total. The van der Waals surface area contributed by atoms with Crippen molar-refractivity contribution in [2.75, 3.05) is 18.0 Å². The van der Waals surface area contributed by atoms with Crippen molar-refractivity contribution in [1.82, 2.24) is 4.98 Å². The number of hydrogen-bond donors (Lipinski definition) is 1. The SMILES string of the molecule is CC1CCN(c2ccncc2Cl)CC1N. The summed E-state index contributed by atoms with van der Waals surface area (Å²) in [5.74, 6) is 0.599. The van der Waals surface area contributed by atoms with Crippen LogP contribution in [0.4, 0.5) is 5.69 Å². The van der Waals surface area contributed by atoms with Crippen molar-refractivity contribution >= 4 is 17.3 Å². The van der Waals surface area contributed by atoms with Crippen molar-refractivity contribution in [2.45, 2.75) is 19.4 Å². The molecule has 3 nitrogen and oxygen atoms in total. The van der Waals surface area contributed by atoms with Crippen molar-refractivity contribution in [2.24, 2.45) is 11.7 Å². The lowest BCUT2D eigenvalue weighted by molar-refractivity contribution is 0.379. The molecule has 1 aliphatic rings. The summed E-state index contributed by atoms with van der Waals surface area (Å²) in [5, 5.41) is 0.708. The minimum absolute atomic E-state index is 0.239. The fourth-order valence-electron chi connectivity index (χ4n) is 1.94. The van der Waals surface area contributed by atoms with Gasteiger partial charge in [0.05, 0.1) is 10.7 Å². The third-order valence-corrected chi connectivity index (χ3v) is 3.40. The van der Waals surface area contributed by atoms with E-state index in [0.717, 1.165) is 25.2 Å². The second kappa shape index (κ2) is 4.37. The summed E-state index contributed by atoms with van der Waals surface area (Å²) in [6.07, 6.45) is 4.57. The van der Waals surface area contributed by atoms with E-state index >= 15 is 0 Å². The molecule has 1 aromatic rings. The Labute approximate surface area is 95.2 Å². The number of rotatable bonds is 1. The van der Waals surface area contributed by atoms with Gasteiger partial charge in [0.2, 0.25) is 0 Å². The summed E-state index contributed by atoms with van der Waals surface area (Å²) in [4.78, 5) is 6.23. The predicted molar refractivity (Wildman–Crippen MR) is 63.2 cm³/mol. The van der Waals surface area contributed by atoms with Crippen LogP contribution in [0, 0.1) is 5.92 Å². The van der Waals surface area contributed by atoms with Gasteiger partial charge in [0.15, 0.2) is 0 Å². The maximum atomic E-state index is 6.10. The van der Waals surface area contributed by atoms with Crippen LogP contribution in [-0.2, 0) is 0 Å². The number of anilines is 1. The van der Waals surface area contributed by atoms with Crippen molar-refractivity contribution in [1.29, 1.82) is 0 Å². The van der Waals surface area contributed by atoms with E-state index in [4.69, 9.17) is 17.3 Å². The highest BCUT2D eigenvalue weighted by Gasteiger charge is 2.24. The molecule has 4 heteroatoms. The second-order valence-corrected chi connectivity index (χ2v) is 4.61. The molecule has 2 atom stereocenters. The quantitative estimate of drug-likeness (QED) is 0.794. The fraction of sp³-hybridized carbons (Fsp3) is 0.545. The highest BCUT2D eigenvalue weighted by Crippen LogP contribution is 2.27. The Morgan fingerprint density at radius 1 is 1.60 bits per heavy atom. The second-order valence-electron chi connectivity index (χ2n) is 4.20. The fourth-order valence-corrected chi connectivity index (χ4v) is 2.18. The van der Waals surface area contributed by atoms with Crippen LogP contribution in [0.2, 0.25) is 5.02 Å². The van der Waals surface area contributed by atoms with Crippen molar-refractivity contribution in [3.05, 3.63) is 23.5 Å². The molecule has 2 heterocycles. The monoisotopic (exact) mass is 225 g/mol. The average molecular weight is 226 g/mol. The summed E-state index contributed by atoms with van der Waals surface area (Å²) < 4.78 is 0. The Balaban J connectivity index is 2.15. The summed E-state index contributed by atoms with van der Waals surface area (Å²) in [6.45, 7) is 4.11. The summed E-state index contributed by atoms with van der Waals surface area (Å²) in [6, 6.07) is 2.19. The first-order valence-electron chi connectivity index (χ1n) is 5.28. The summed E-state index contributed by atoms with van der Waals surface area (Å²) in [5.41, 5.74) is 7.11. The molecule has 0 bridgehead atoms. The third-order valence-electron chi connectivity index (χ3n) is 3.11. The first-order valence-corrected chi connectivity index (χ1v) is 5.66. The number of hydrogen-bond acceptors (Lipinski definition) is 3. The average Bonchev–Trinajstić information content (AvgIpc) is 2.23. The Bertz CT molecular complexity index is 342. The van der Waals surface area contributed by atoms with Crippen LogP contribution in [-0.4, -0.2) is 24.1 Å². The Hall–Kier alpha value is -0.800. The van der Waals surface area contributed by atoms with E-state index in [9.17, 15) is 0 Å². The number of aromatic nitrogens is 1. The molecule has 1 aliphatic heterocycles. The van der Waals surface area contributed by atoms with Gasteiger partial charge in [-0.15, -0.1) is 0 Å². The molecule has 0 saturated carbocycles. The number of piperidine rings is 1. The van der Waals surface area contributed by atoms with Crippen LogP contribution >= 0.6 is 11.6 Å². The predicted octanol–water partition coefficient (Wildman–Crippen LogP) is 1.91. The largest absolute Gasteiger partial charge is 0.369 e. The van der Waals surface area contributed by atoms with E-state index < -0.39 is 0 Å². The molecular formula is C11H16ClN3. The maximum absolute atomic E-state index is 6.10.